The van der Waals surface area contributed by atoms with Crippen LogP contribution in [0.2, 0.25) is 0 Å². The van der Waals surface area contributed by atoms with Gasteiger partial charge in [-0.2, -0.15) is 0 Å². The van der Waals surface area contributed by atoms with Crippen molar-refractivity contribution in [2.75, 3.05) is 7.11 Å². The normalized spacial score (nSPS) is 11.8. The predicted octanol–water partition coefficient (Wildman–Crippen LogP) is 10.9. The van der Waals surface area contributed by atoms with E-state index in [1.54, 1.807) is 0 Å². The van der Waals surface area contributed by atoms with Gasteiger partial charge in [0.25, 0.3) is 0 Å². The number of rotatable bonds is 3. The Labute approximate surface area is 259 Å². The van der Waals surface area contributed by atoms with Crippen molar-refractivity contribution in [3.8, 4) is 16.8 Å². The number of hydrogen-bond acceptors (Lipinski definition) is 2. The fourth-order valence-corrected chi connectivity index (χ4v) is 7.42. The van der Waals surface area contributed by atoms with Gasteiger partial charge in [-0.1, -0.05) is 115 Å². The molecule has 0 spiro atoms. The number of methoxy groups -OCH3 is 1. The average Bonchev–Trinajstić information content (AvgIpc) is 3.46. The molecule has 0 saturated carbocycles. The summed E-state index contributed by atoms with van der Waals surface area (Å²) in [4.78, 5) is 12.8. The minimum atomic E-state index is -0.341. The van der Waals surface area contributed by atoms with Gasteiger partial charge in [-0.15, -0.1) is 0 Å². The maximum Gasteiger partial charge on any atom is 0.338 e. The highest BCUT2D eigenvalue weighted by atomic mass is 16.5. The van der Waals surface area contributed by atoms with Crippen molar-refractivity contribution in [2.24, 2.45) is 0 Å². The summed E-state index contributed by atoms with van der Waals surface area (Å²) in [5, 5.41) is 12.3. The van der Waals surface area contributed by atoms with Crippen LogP contribution in [0.15, 0.2) is 146 Å². The molecule has 0 radical (unpaired) electrons. The molecular weight excluding hydrogens is 550 g/mol. The Morgan fingerprint density at radius 2 is 1.04 bits per heavy atom. The topological polar surface area (TPSA) is 31.2 Å². The number of para-hydroxylation sites is 1. The summed E-state index contributed by atoms with van der Waals surface area (Å²) in [5.74, 6) is -0.341. The molecule has 0 atom stereocenters. The smallest absolute Gasteiger partial charge is 0.338 e. The first-order valence-electron chi connectivity index (χ1n) is 15.2. The van der Waals surface area contributed by atoms with Crippen molar-refractivity contribution < 1.29 is 9.53 Å². The van der Waals surface area contributed by atoms with Gasteiger partial charge in [-0.05, 0) is 73.8 Å². The predicted molar refractivity (Wildman–Crippen MR) is 188 cm³/mol. The summed E-state index contributed by atoms with van der Waals surface area (Å²) >= 11 is 0. The van der Waals surface area contributed by atoms with E-state index in [0.717, 1.165) is 27.7 Å². The first-order chi connectivity index (χ1) is 22.2. The summed E-state index contributed by atoms with van der Waals surface area (Å²) in [6.45, 7) is 0. The van der Waals surface area contributed by atoms with E-state index < -0.39 is 0 Å². The van der Waals surface area contributed by atoms with Gasteiger partial charge in [0, 0.05) is 27.2 Å². The van der Waals surface area contributed by atoms with E-state index in [0.29, 0.717) is 5.56 Å². The van der Waals surface area contributed by atoms with Crippen LogP contribution in [0.25, 0.3) is 81.7 Å². The van der Waals surface area contributed by atoms with Crippen molar-refractivity contribution in [1.82, 2.24) is 4.57 Å². The van der Waals surface area contributed by atoms with E-state index in [4.69, 9.17) is 4.74 Å². The number of benzene rings is 8. The van der Waals surface area contributed by atoms with Crippen LogP contribution in [0.1, 0.15) is 10.4 Å². The van der Waals surface area contributed by atoms with E-state index in [2.05, 4.69) is 126 Å². The van der Waals surface area contributed by atoms with Crippen molar-refractivity contribution in [1.29, 1.82) is 0 Å². The average molecular weight is 578 g/mol. The van der Waals surface area contributed by atoms with Crippen molar-refractivity contribution in [2.45, 2.75) is 0 Å². The van der Waals surface area contributed by atoms with E-state index in [-0.39, 0.29) is 5.97 Å². The second-order valence-electron chi connectivity index (χ2n) is 11.6. The Hall–Kier alpha value is -5.93. The molecule has 0 fully saturated rings. The SMILES string of the molecule is COC(=O)c1ccccc1-c1ccc2c(c1)c1c3ccccc3c3c4ccccc4c4ccccc4c3c1n2-c1ccccc1. The van der Waals surface area contributed by atoms with Gasteiger partial charge in [0.05, 0.1) is 23.7 Å². The quantitative estimate of drug-likeness (QED) is 0.154. The van der Waals surface area contributed by atoms with Crippen LogP contribution in [0.4, 0.5) is 0 Å². The van der Waals surface area contributed by atoms with Crippen molar-refractivity contribution in [3.05, 3.63) is 151 Å². The highest BCUT2D eigenvalue weighted by Crippen LogP contribution is 2.48. The molecule has 0 N–H and O–H groups in total. The lowest BCUT2D eigenvalue weighted by Gasteiger charge is -2.17. The number of aromatic nitrogens is 1. The number of carbonyl (C=O) groups excluding carboxylic acids is 1. The third-order valence-corrected chi connectivity index (χ3v) is 9.26. The molecule has 0 saturated heterocycles. The number of hydrogen-bond donors (Lipinski definition) is 0. The molecule has 3 heteroatoms. The van der Waals surface area contributed by atoms with Crippen LogP contribution in [0.3, 0.4) is 0 Å². The van der Waals surface area contributed by atoms with E-state index in [9.17, 15) is 4.79 Å². The summed E-state index contributed by atoms with van der Waals surface area (Å²) in [7, 11) is 1.43. The Bertz CT molecular complexity index is 2650. The second kappa shape index (κ2) is 9.80. The van der Waals surface area contributed by atoms with E-state index in [1.807, 2.05) is 24.3 Å². The molecule has 0 aliphatic heterocycles. The van der Waals surface area contributed by atoms with Crippen LogP contribution >= 0.6 is 0 Å². The van der Waals surface area contributed by atoms with Gasteiger partial charge in [-0.3, -0.25) is 0 Å². The van der Waals surface area contributed by atoms with Gasteiger partial charge in [-0.25, -0.2) is 4.79 Å². The third kappa shape index (κ3) is 3.61. The molecule has 0 unspecified atom stereocenters. The fraction of sp³-hybridized carbons (Fsp3) is 0.0238. The maximum absolute atomic E-state index is 12.8. The molecule has 0 amide bonds. The second-order valence-corrected chi connectivity index (χ2v) is 11.6. The molecule has 0 bridgehead atoms. The Morgan fingerprint density at radius 3 is 1.71 bits per heavy atom. The fourth-order valence-electron chi connectivity index (χ4n) is 7.42. The largest absolute Gasteiger partial charge is 0.465 e. The summed E-state index contributed by atoms with van der Waals surface area (Å²) in [6.07, 6.45) is 0. The number of fused-ring (bicyclic) bond motifs is 13. The van der Waals surface area contributed by atoms with Crippen molar-refractivity contribution >= 4 is 70.9 Å². The first-order valence-corrected chi connectivity index (χ1v) is 15.2. The first kappa shape index (κ1) is 25.6. The highest BCUT2D eigenvalue weighted by Gasteiger charge is 2.23. The van der Waals surface area contributed by atoms with Gasteiger partial charge in [0.2, 0.25) is 0 Å². The Balaban J connectivity index is 1.58. The molecular formula is C42H27NO2. The zero-order chi connectivity index (χ0) is 30.1. The molecule has 212 valence electrons. The molecule has 45 heavy (non-hydrogen) atoms. The highest BCUT2D eigenvalue weighted by molar-refractivity contribution is 6.42. The molecule has 0 aliphatic rings. The summed E-state index contributed by atoms with van der Waals surface area (Å²) < 4.78 is 7.58. The number of nitrogens with zero attached hydrogens (tertiary/aromatic N) is 1. The summed E-state index contributed by atoms with van der Waals surface area (Å²) in [5.41, 5.74) is 5.79. The number of esters is 1. The number of ether oxygens (including phenoxy) is 1. The molecule has 1 aromatic heterocycles. The Morgan fingerprint density at radius 1 is 0.511 bits per heavy atom. The van der Waals surface area contributed by atoms with Crippen LogP contribution < -0.4 is 0 Å². The molecule has 8 aromatic carbocycles. The lowest BCUT2D eigenvalue weighted by molar-refractivity contribution is 0.0601. The Kier molecular flexibility index (Phi) is 5.56. The van der Waals surface area contributed by atoms with Crippen LogP contribution in [-0.2, 0) is 4.74 Å². The standard InChI is InChI=1S/C42H27NO2/c1-45-42(44)35-22-12-5-15-28(35)26-23-24-37-36(25-26)39-34-21-11-10-20-33(34)38-31-18-8-6-16-29(31)30-17-7-9-19-32(30)40(38)41(39)43(37)27-13-3-2-4-14-27/h2-25H,1H3. The lowest BCUT2D eigenvalue weighted by atomic mass is 9.88. The summed E-state index contributed by atoms with van der Waals surface area (Å²) in [6, 6.07) is 51.3. The van der Waals surface area contributed by atoms with Gasteiger partial charge < -0.3 is 9.30 Å². The van der Waals surface area contributed by atoms with E-state index >= 15 is 0 Å². The van der Waals surface area contributed by atoms with Gasteiger partial charge in [0.1, 0.15) is 0 Å². The number of carbonyl (C=O) groups is 1. The van der Waals surface area contributed by atoms with Crippen LogP contribution in [0.5, 0.6) is 0 Å². The van der Waals surface area contributed by atoms with Gasteiger partial charge in [0.15, 0.2) is 0 Å². The zero-order valence-electron chi connectivity index (χ0n) is 24.6. The molecule has 0 aliphatic carbocycles. The van der Waals surface area contributed by atoms with Crippen molar-refractivity contribution in [3.63, 3.8) is 0 Å². The molecule has 1 heterocycles. The van der Waals surface area contributed by atoms with Crippen LogP contribution in [-0.4, -0.2) is 17.6 Å². The zero-order valence-corrected chi connectivity index (χ0v) is 24.6. The molecule has 9 aromatic rings. The monoisotopic (exact) mass is 577 g/mol. The minimum absolute atomic E-state index is 0.341. The maximum atomic E-state index is 12.8. The molecule has 9 rings (SSSR count). The van der Waals surface area contributed by atoms with Crippen LogP contribution in [0, 0.1) is 0 Å². The van der Waals surface area contributed by atoms with E-state index in [1.165, 1.54) is 61.1 Å². The van der Waals surface area contributed by atoms with Gasteiger partial charge >= 0.3 is 5.97 Å². The third-order valence-electron chi connectivity index (χ3n) is 9.26. The minimum Gasteiger partial charge on any atom is -0.465 e. The lowest BCUT2D eigenvalue weighted by Crippen LogP contribution is -2.03. The molecule has 3 nitrogen and oxygen atoms in total.